The first-order valence-corrected chi connectivity index (χ1v) is 5.47. The van der Waals surface area contributed by atoms with Crippen molar-refractivity contribution >= 4 is 17.3 Å². The molecule has 0 aromatic carbocycles. The Morgan fingerprint density at radius 2 is 2.50 bits per heavy atom. The van der Waals surface area contributed by atoms with Gasteiger partial charge in [0.15, 0.2) is 0 Å². The molecule has 0 fully saturated rings. The summed E-state index contributed by atoms with van der Waals surface area (Å²) < 4.78 is 4.82. The van der Waals surface area contributed by atoms with Crippen LogP contribution in [0.5, 0.6) is 0 Å². The summed E-state index contributed by atoms with van der Waals surface area (Å²) in [7, 11) is 1.43. The number of nitrogens with one attached hydrogen (secondary N) is 1. The number of esters is 1. The molecule has 0 unspecified atom stereocenters. The van der Waals surface area contributed by atoms with Crippen LogP contribution in [0.3, 0.4) is 0 Å². The monoisotopic (exact) mass is 211 g/mol. The minimum absolute atomic E-state index is 0.208. The van der Waals surface area contributed by atoms with E-state index in [1.165, 1.54) is 12.7 Å². The highest BCUT2D eigenvalue weighted by molar-refractivity contribution is 7.10. The fourth-order valence-electron chi connectivity index (χ4n) is 1.87. The van der Waals surface area contributed by atoms with Gasteiger partial charge in [0.25, 0.3) is 0 Å². The number of rotatable bonds is 1. The molecule has 3 nitrogen and oxygen atoms in total. The second-order valence-electron chi connectivity index (χ2n) is 3.57. The van der Waals surface area contributed by atoms with E-state index in [2.05, 4.69) is 11.4 Å². The van der Waals surface area contributed by atoms with E-state index < -0.39 is 5.54 Å². The van der Waals surface area contributed by atoms with E-state index in [-0.39, 0.29) is 5.97 Å². The lowest BCUT2D eigenvalue weighted by Gasteiger charge is -2.32. The topological polar surface area (TPSA) is 38.3 Å². The van der Waals surface area contributed by atoms with Gasteiger partial charge in [0.1, 0.15) is 5.54 Å². The molecule has 0 radical (unpaired) electrons. The quantitative estimate of drug-likeness (QED) is 0.711. The van der Waals surface area contributed by atoms with Crippen LogP contribution in [0.25, 0.3) is 0 Å². The smallest absolute Gasteiger partial charge is 0.331 e. The van der Waals surface area contributed by atoms with Crippen LogP contribution in [-0.4, -0.2) is 19.6 Å². The lowest BCUT2D eigenvalue weighted by Crippen LogP contribution is -2.50. The molecule has 1 aromatic rings. The molecule has 1 aliphatic heterocycles. The number of methoxy groups -OCH3 is 1. The van der Waals surface area contributed by atoms with Gasteiger partial charge in [-0.2, -0.15) is 0 Å². The van der Waals surface area contributed by atoms with Crippen molar-refractivity contribution < 1.29 is 9.53 Å². The van der Waals surface area contributed by atoms with Crippen LogP contribution in [0, 0.1) is 0 Å². The molecule has 1 atom stereocenters. The molecule has 14 heavy (non-hydrogen) atoms. The Bertz CT molecular complexity index is 361. The Hall–Kier alpha value is -0.870. The molecular formula is C10H13NO2S. The summed E-state index contributed by atoms with van der Waals surface area (Å²) in [6.07, 6.45) is 0.991. The van der Waals surface area contributed by atoms with Gasteiger partial charge in [0.2, 0.25) is 0 Å². The van der Waals surface area contributed by atoms with E-state index in [0.717, 1.165) is 17.8 Å². The van der Waals surface area contributed by atoms with Crippen molar-refractivity contribution in [2.45, 2.75) is 18.9 Å². The second kappa shape index (κ2) is 3.37. The molecule has 1 N–H and O–H groups in total. The van der Waals surface area contributed by atoms with Crippen molar-refractivity contribution in [2.75, 3.05) is 13.7 Å². The predicted molar refractivity (Wildman–Crippen MR) is 55.4 cm³/mol. The van der Waals surface area contributed by atoms with E-state index >= 15 is 0 Å². The van der Waals surface area contributed by atoms with E-state index in [1.807, 2.05) is 12.3 Å². The molecule has 1 aromatic heterocycles. The van der Waals surface area contributed by atoms with Crippen LogP contribution in [-0.2, 0) is 21.5 Å². The molecule has 0 amide bonds. The van der Waals surface area contributed by atoms with Gasteiger partial charge in [-0.15, -0.1) is 11.3 Å². The van der Waals surface area contributed by atoms with Crippen LogP contribution in [0.15, 0.2) is 11.4 Å². The summed E-state index contributed by atoms with van der Waals surface area (Å²) in [5.74, 6) is -0.208. The minimum atomic E-state index is -0.642. The Morgan fingerprint density at radius 3 is 3.21 bits per heavy atom. The first kappa shape index (κ1) is 9.68. The summed E-state index contributed by atoms with van der Waals surface area (Å²) in [6.45, 7) is 2.71. The number of thiophene rings is 1. The zero-order valence-corrected chi connectivity index (χ0v) is 9.11. The number of fused-ring (bicyclic) bond motifs is 1. The standard InChI is InChI=1S/C10H13NO2S/c1-10(9(12)13-2)8-7(3-5-11-10)4-6-14-8/h4,6,11H,3,5H2,1-2H3/t10-/m0/s1. The predicted octanol–water partition coefficient (Wildman–Crippen LogP) is 1.28. The van der Waals surface area contributed by atoms with Crippen LogP contribution in [0.2, 0.25) is 0 Å². The highest BCUT2D eigenvalue weighted by Gasteiger charge is 2.40. The molecule has 76 valence electrons. The zero-order chi connectivity index (χ0) is 10.2. The van der Waals surface area contributed by atoms with E-state index in [0.29, 0.717) is 0 Å². The molecule has 0 spiro atoms. The molecule has 0 saturated carbocycles. The highest BCUT2D eigenvalue weighted by atomic mass is 32.1. The molecule has 0 saturated heterocycles. The van der Waals surface area contributed by atoms with Crippen molar-refractivity contribution in [1.82, 2.24) is 5.32 Å². The van der Waals surface area contributed by atoms with E-state index in [9.17, 15) is 4.79 Å². The van der Waals surface area contributed by atoms with Gasteiger partial charge in [-0.05, 0) is 30.4 Å². The Labute approximate surface area is 87.1 Å². The first-order valence-electron chi connectivity index (χ1n) is 4.59. The number of carbonyl (C=O) groups is 1. The van der Waals surface area contributed by atoms with E-state index in [1.54, 1.807) is 11.3 Å². The number of hydrogen-bond donors (Lipinski definition) is 1. The lowest BCUT2D eigenvalue weighted by molar-refractivity contribution is -0.148. The Morgan fingerprint density at radius 1 is 1.71 bits per heavy atom. The van der Waals surface area contributed by atoms with E-state index in [4.69, 9.17) is 4.74 Å². The first-order chi connectivity index (χ1) is 6.68. The van der Waals surface area contributed by atoms with Gasteiger partial charge in [-0.3, -0.25) is 5.32 Å². The van der Waals surface area contributed by atoms with Crippen LogP contribution in [0.4, 0.5) is 0 Å². The number of hydrogen-bond acceptors (Lipinski definition) is 4. The molecule has 4 heteroatoms. The van der Waals surface area contributed by atoms with Crippen LogP contribution >= 0.6 is 11.3 Å². The summed E-state index contributed by atoms with van der Waals surface area (Å²) in [6, 6.07) is 2.09. The Balaban J connectivity index is 2.44. The van der Waals surface area contributed by atoms with Crippen molar-refractivity contribution in [1.29, 1.82) is 0 Å². The highest BCUT2D eigenvalue weighted by Crippen LogP contribution is 2.33. The van der Waals surface area contributed by atoms with Crippen molar-refractivity contribution in [3.8, 4) is 0 Å². The minimum Gasteiger partial charge on any atom is -0.467 e. The fraction of sp³-hybridized carbons (Fsp3) is 0.500. The SMILES string of the molecule is COC(=O)[C@@]1(C)NCCc2ccsc21. The summed E-state index contributed by atoms with van der Waals surface area (Å²) >= 11 is 1.61. The Kier molecular flexibility index (Phi) is 2.33. The van der Waals surface area contributed by atoms with Gasteiger partial charge in [-0.1, -0.05) is 0 Å². The third-order valence-electron chi connectivity index (χ3n) is 2.67. The summed E-state index contributed by atoms with van der Waals surface area (Å²) in [5.41, 5.74) is 0.623. The third-order valence-corrected chi connectivity index (χ3v) is 3.85. The average molecular weight is 211 g/mol. The zero-order valence-electron chi connectivity index (χ0n) is 8.29. The van der Waals surface area contributed by atoms with Gasteiger partial charge < -0.3 is 4.74 Å². The van der Waals surface area contributed by atoms with Crippen LogP contribution < -0.4 is 5.32 Å². The average Bonchev–Trinajstić information content (AvgIpc) is 2.66. The number of ether oxygens (including phenoxy) is 1. The molecular weight excluding hydrogens is 198 g/mol. The van der Waals surface area contributed by atoms with Crippen molar-refractivity contribution in [3.63, 3.8) is 0 Å². The van der Waals surface area contributed by atoms with Crippen molar-refractivity contribution in [3.05, 3.63) is 21.9 Å². The largest absolute Gasteiger partial charge is 0.467 e. The maximum Gasteiger partial charge on any atom is 0.331 e. The van der Waals surface area contributed by atoms with Gasteiger partial charge in [0.05, 0.1) is 7.11 Å². The summed E-state index contributed by atoms with van der Waals surface area (Å²) in [4.78, 5) is 12.8. The normalized spacial score (nSPS) is 25.6. The van der Waals surface area contributed by atoms with Gasteiger partial charge in [-0.25, -0.2) is 4.79 Å². The maximum atomic E-state index is 11.7. The maximum absolute atomic E-state index is 11.7. The number of carbonyl (C=O) groups excluding carboxylic acids is 1. The molecule has 2 heterocycles. The second-order valence-corrected chi connectivity index (χ2v) is 4.48. The van der Waals surface area contributed by atoms with Crippen molar-refractivity contribution in [2.24, 2.45) is 0 Å². The van der Waals surface area contributed by atoms with Gasteiger partial charge >= 0.3 is 5.97 Å². The van der Waals surface area contributed by atoms with Crippen LogP contribution in [0.1, 0.15) is 17.4 Å². The molecule has 1 aliphatic rings. The summed E-state index contributed by atoms with van der Waals surface area (Å²) in [5, 5.41) is 5.25. The lowest BCUT2D eigenvalue weighted by atomic mass is 9.92. The fourth-order valence-corrected chi connectivity index (χ4v) is 2.95. The van der Waals surface area contributed by atoms with Gasteiger partial charge in [0, 0.05) is 11.4 Å². The third kappa shape index (κ3) is 1.26. The molecule has 0 bridgehead atoms. The molecule has 2 rings (SSSR count). The molecule has 0 aliphatic carbocycles.